The predicted octanol–water partition coefficient (Wildman–Crippen LogP) is 3.04. The number of hydrogen-bond acceptors (Lipinski definition) is 4. The lowest BCUT2D eigenvalue weighted by Crippen LogP contribution is -2.30. The third kappa shape index (κ3) is 3.54. The highest BCUT2D eigenvalue weighted by Gasteiger charge is 2.32. The first-order chi connectivity index (χ1) is 12.3. The fourth-order valence-electron chi connectivity index (χ4n) is 2.95. The Morgan fingerprint density at radius 3 is 2.69 bits per heavy atom. The number of nitrogens with one attached hydrogen (secondary N) is 2. The highest BCUT2D eigenvalue weighted by atomic mass is 16.2. The minimum Gasteiger partial charge on any atom is -0.351 e. The van der Waals surface area contributed by atoms with Gasteiger partial charge in [-0.05, 0) is 5.56 Å². The summed E-state index contributed by atoms with van der Waals surface area (Å²) in [6, 6.07) is 10.0. The van der Waals surface area contributed by atoms with Crippen molar-refractivity contribution in [3.05, 3.63) is 64.5 Å². The van der Waals surface area contributed by atoms with Crippen molar-refractivity contribution in [3.8, 4) is 0 Å². The van der Waals surface area contributed by atoms with Gasteiger partial charge in [-0.25, -0.2) is 0 Å². The molecule has 6 nitrogen and oxygen atoms in total. The molecule has 1 aromatic heterocycles. The topological polar surface area (TPSA) is 78.1 Å². The molecule has 2 aromatic rings. The molecule has 1 unspecified atom stereocenters. The van der Waals surface area contributed by atoms with E-state index >= 15 is 0 Å². The maximum atomic E-state index is 12.6. The molecule has 0 spiro atoms. The molecule has 136 valence electrons. The molecule has 0 bridgehead atoms. The van der Waals surface area contributed by atoms with Crippen LogP contribution in [0.1, 0.15) is 37.8 Å². The van der Waals surface area contributed by atoms with Crippen molar-refractivity contribution in [1.82, 2.24) is 9.97 Å². The third-order valence-corrected chi connectivity index (χ3v) is 4.44. The number of rotatable bonds is 4. The van der Waals surface area contributed by atoms with E-state index in [0.717, 1.165) is 5.56 Å². The smallest absolute Gasteiger partial charge is 0.258 e. The zero-order valence-corrected chi connectivity index (χ0v) is 15.4. The normalized spacial score (nSPS) is 16.3. The summed E-state index contributed by atoms with van der Waals surface area (Å²) in [7, 11) is 0. The molecule has 1 amide bonds. The van der Waals surface area contributed by atoms with Crippen LogP contribution in [0, 0.1) is 5.41 Å². The van der Waals surface area contributed by atoms with Crippen LogP contribution < -0.4 is 15.8 Å². The molecule has 3 rings (SSSR count). The van der Waals surface area contributed by atoms with Crippen LogP contribution in [0.2, 0.25) is 0 Å². The van der Waals surface area contributed by atoms with Gasteiger partial charge in [-0.3, -0.25) is 19.9 Å². The predicted molar refractivity (Wildman–Crippen MR) is 103 cm³/mol. The van der Waals surface area contributed by atoms with Gasteiger partial charge >= 0.3 is 0 Å². The van der Waals surface area contributed by atoms with E-state index in [-0.39, 0.29) is 23.3 Å². The monoisotopic (exact) mass is 352 g/mol. The molecule has 0 radical (unpaired) electrons. The van der Waals surface area contributed by atoms with Crippen LogP contribution >= 0.6 is 0 Å². The van der Waals surface area contributed by atoms with Crippen molar-refractivity contribution in [2.75, 3.05) is 16.8 Å². The summed E-state index contributed by atoms with van der Waals surface area (Å²) in [5.41, 5.74) is 0.917. The van der Waals surface area contributed by atoms with Gasteiger partial charge < -0.3 is 4.90 Å². The second-order valence-corrected chi connectivity index (χ2v) is 7.56. The fourth-order valence-corrected chi connectivity index (χ4v) is 2.95. The highest BCUT2D eigenvalue weighted by Crippen LogP contribution is 2.34. The lowest BCUT2D eigenvalue weighted by molar-refractivity contribution is -0.123. The van der Waals surface area contributed by atoms with Crippen LogP contribution in [-0.4, -0.2) is 22.4 Å². The molecular formula is C20H24N4O2. The second-order valence-electron chi connectivity index (χ2n) is 7.56. The van der Waals surface area contributed by atoms with Crippen LogP contribution in [0.4, 0.5) is 11.8 Å². The number of aromatic nitrogens is 2. The highest BCUT2D eigenvalue weighted by molar-refractivity contribution is 5.93. The number of carbonyl (C=O) groups excluding carboxylic acids is 1. The summed E-state index contributed by atoms with van der Waals surface area (Å²) in [4.78, 5) is 34.1. The van der Waals surface area contributed by atoms with Crippen molar-refractivity contribution in [1.29, 1.82) is 0 Å². The van der Waals surface area contributed by atoms with Gasteiger partial charge in [0, 0.05) is 24.4 Å². The van der Waals surface area contributed by atoms with E-state index in [1.54, 1.807) is 6.08 Å². The lowest BCUT2D eigenvalue weighted by atomic mass is 9.96. The van der Waals surface area contributed by atoms with Crippen molar-refractivity contribution >= 4 is 17.7 Å². The minimum atomic E-state index is -0.578. The summed E-state index contributed by atoms with van der Waals surface area (Å²) in [5, 5.41) is 2.71. The van der Waals surface area contributed by atoms with Gasteiger partial charge in [-0.2, -0.15) is 4.98 Å². The van der Waals surface area contributed by atoms with Crippen LogP contribution in [0.5, 0.6) is 0 Å². The molecule has 6 heteroatoms. The fraction of sp³-hybridized carbons (Fsp3) is 0.350. The third-order valence-electron chi connectivity index (χ3n) is 4.44. The van der Waals surface area contributed by atoms with E-state index in [2.05, 4.69) is 26.8 Å². The zero-order valence-electron chi connectivity index (χ0n) is 15.4. The Labute approximate surface area is 153 Å². The summed E-state index contributed by atoms with van der Waals surface area (Å²) in [6.07, 6.45) is 1.77. The molecule has 26 heavy (non-hydrogen) atoms. The lowest BCUT2D eigenvalue weighted by Gasteiger charge is -2.20. The van der Waals surface area contributed by atoms with Gasteiger partial charge in [-0.15, -0.1) is 6.58 Å². The molecule has 2 N–H and O–H groups in total. The number of aromatic amines is 1. The van der Waals surface area contributed by atoms with E-state index < -0.39 is 5.41 Å². The molecular weight excluding hydrogens is 328 g/mol. The number of hydrogen-bond donors (Lipinski definition) is 2. The Morgan fingerprint density at radius 2 is 2.08 bits per heavy atom. The Bertz CT molecular complexity index is 881. The van der Waals surface area contributed by atoms with E-state index in [9.17, 15) is 9.59 Å². The van der Waals surface area contributed by atoms with Crippen molar-refractivity contribution in [3.63, 3.8) is 0 Å². The van der Waals surface area contributed by atoms with E-state index in [1.165, 1.54) is 0 Å². The van der Waals surface area contributed by atoms with E-state index in [4.69, 9.17) is 0 Å². The number of fused-ring (bicyclic) bond motifs is 1. The van der Waals surface area contributed by atoms with E-state index in [0.29, 0.717) is 24.5 Å². The molecule has 0 fully saturated rings. The first-order valence-electron chi connectivity index (χ1n) is 8.66. The number of benzene rings is 1. The van der Waals surface area contributed by atoms with Crippen molar-refractivity contribution in [2.24, 2.45) is 5.41 Å². The van der Waals surface area contributed by atoms with Crippen LogP contribution in [0.3, 0.4) is 0 Å². The zero-order chi connectivity index (χ0) is 18.9. The van der Waals surface area contributed by atoms with Gasteiger partial charge in [-0.1, -0.05) is 57.2 Å². The molecule has 0 saturated heterocycles. The molecule has 0 aliphatic carbocycles. The van der Waals surface area contributed by atoms with E-state index in [1.807, 2.05) is 51.1 Å². The van der Waals surface area contributed by atoms with Gasteiger partial charge in [0.1, 0.15) is 5.82 Å². The molecule has 2 heterocycles. The Morgan fingerprint density at radius 1 is 1.38 bits per heavy atom. The van der Waals surface area contributed by atoms with Crippen molar-refractivity contribution < 1.29 is 4.79 Å². The first-order valence-corrected chi connectivity index (χ1v) is 8.66. The minimum absolute atomic E-state index is 0.0858. The first kappa shape index (κ1) is 17.9. The van der Waals surface area contributed by atoms with Crippen LogP contribution in [0.15, 0.2) is 47.8 Å². The van der Waals surface area contributed by atoms with Gasteiger partial charge in [0.2, 0.25) is 11.9 Å². The van der Waals surface area contributed by atoms with Gasteiger partial charge in [0.15, 0.2) is 0 Å². The maximum absolute atomic E-state index is 12.6. The summed E-state index contributed by atoms with van der Waals surface area (Å²) < 4.78 is 0. The summed E-state index contributed by atoms with van der Waals surface area (Å²) in [5.74, 6) is 0.494. The quantitative estimate of drug-likeness (QED) is 0.829. The molecule has 1 atom stereocenters. The number of amides is 1. The second kappa shape index (κ2) is 6.78. The number of H-pyrrole nitrogens is 1. The van der Waals surface area contributed by atoms with Crippen LogP contribution in [-0.2, 0) is 11.3 Å². The molecule has 1 aromatic carbocycles. The summed E-state index contributed by atoms with van der Waals surface area (Å²) in [6.45, 7) is 10.6. The van der Waals surface area contributed by atoms with Crippen LogP contribution in [0.25, 0.3) is 0 Å². The average molecular weight is 352 g/mol. The SMILES string of the molecule is C=CC1CN(Cc2ccccc2)c2nc(NC(=O)C(C)(C)C)[nH]c(=O)c21. The maximum Gasteiger partial charge on any atom is 0.258 e. The molecule has 0 saturated carbocycles. The van der Waals surface area contributed by atoms with Crippen molar-refractivity contribution in [2.45, 2.75) is 33.2 Å². The van der Waals surface area contributed by atoms with Gasteiger partial charge in [0.25, 0.3) is 5.56 Å². The summed E-state index contributed by atoms with van der Waals surface area (Å²) >= 11 is 0. The number of anilines is 2. The number of nitrogens with zero attached hydrogens (tertiary/aromatic N) is 2. The Balaban J connectivity index is 1.96. The Hall–Kier alpha value is -2.89. The number of carbonyl (C=O) groups is 1. The molecule has 1 aliphatic rings. The largest absolute Gasteiger partial charge is 0.351 e. The average Bonchev–Trinajstić information content (AvgIpc) is 2.93. The Kier molecular flexibility index (Phi) is 4.68. The molecule has 1 aliphatic heterocycles. The standard InChI is InChI=1S/C20H24N4O2/c1-5-14-12-24(11-13-9-7-6-8-10-13)16-15(14)17(25)22-19(21-16)23-18(26)20(2,3)4/h5-10,14H,1,11-12H2,2-4H3,(H2,21,22,23,25,26). The van der Waals surface area contributed by atoms with Gasteiger partial charge in [0.05, 0.1) is 5.56 Å².